The Morgan fingerprint density at radius 3 is 2.85 bits per heavy atom. The quantitative estimate of drug-likeness (QED) is 0.927. The van der Waals surface area contributed by atoms with Crippen LogP contribution in [0.25, 0.3) is 0 Å². The number of para-hydroxylation sites is 1. The third-order valence-electron chi connectivity index (χ3n) is 3.54. The van der Waals surface area contributed by atoms with Crippen LogP contribution in [0.5, 0.6) is 0 Å². The van der Waals surface area contributed by atoms with Crippen molar-refractivity contribution < 1.29 is 4.21 Å². The minimum absolute atomic E-state index is 0.404. The molecule has 6 heteroatoms. The SMILES string of the molecule is Cc1nc(C)c(CN2CCS(=N)(=O)c3ccccc32)s1. The van der Waals surface area contributed by atoms with Crippen molar-refractivity contribution in [2.24, 2.45) is 0 Å². The van der Waals surface area contributed by atoms with Crippen molar-refractivity contribution in [2.45, 2.75) is 25.3 Å². The maximum atomic E-state index is 12.3. The van der Waals surface area contributed by atoms with Gasteiger partial charge in [-0.05, 0) is 26.0 Å². The smallest absolute Gasteiger partial charge is 0.0900 e. The fourth-order valence-corrected chi connectivity index (χ4v) is 5.01. The second-order valence-corrected chi connectivity index (χ2v) is 8.50. The molecule has 2 heterocycles. The third-order valence-corrected chi connectivity index (χ3v) is 6.41. The normalized spacial score (nSPS) is 21.8. The molecule has 1 aromatic carbocycles. The molecule has 0 radical (unpaired) electrons. The minimum atomic E-state index is -2.63. The second-order valence-electron chi connectivity index (χ2n) is 5.01. The molecular weight excluding hydrogens is 290 g/mol. The summed E-state index contributed by atoms with van der Waals surface area (Å²) in [5.74, 6) is 0.404. The van der Waals surface area contributed by atoms with Crippen molar-refractivity contribution >= 4 is 26.8 Å². The number of rotatable bonds is 2. The highest BCUT2D eigenvalue weighted by molar-refractivity contribution is 7.92. The molecule has 0 saturated carbocycles. The van der Waals surface area contributed by atoms with Gasteiger partial charge in [0.25, 0.3) is 0 Å². The van der Waals surface area contributed by atoms with Crippen LogP contribution in [0.1, 0.15) is 15.6 Å². The van der Waals surface area contributed by atoms with E-state index in [4.69, 9.17) is 4.78 Å². The zero-order valence-corrected chi connectivity index (χ0v) is 13.2. The lowest BCUT2D eigenvalue weighted by Crippen LogP contribution is -2.34. The zero-order chi connectivity index (χ0) is 14.3. The van der Waals surface area contributed by atoms with E-state index in [9.17, 15) is 4.21 Å². The first-order valence-electron chi connectivity index (χ1n) is 6.51. The molecular formula is C14H17N3OS2. The van der Waals surface area contributed by atoms with Gasteiger partial charge in [-0.25, -0.2) is 14.0 Å². The molecule has 2 aromatic rings. The number of nitrogens with one attached hydrogen (secondary N) is 1. The van der Waals surface area contributed by atoms with Gasteiger partial charge in [-0.3, -0.25) is 0 Å². The van der Waals surface area contributed by atoms with Gasteiger partial charge >= 0.3 is 0 Å². The van der Waals surface area contributed by atoms with Crippen LogP contribution in [0.3, 0.4) is 0 Å². The number of fused-ring (bicyclic) bond motifs is 1. The molecule has 3 rings (SSSR count). The molecule has 20 heavy (non-hydrogen) atoms. The van der Waals surface area contributed by atoms with Crippen LogP contribution in [0.4, 0.5) is 5.69 Å². The predicted molar refractivity (Wildman–Crippen MR) is 83.1 cm³/mol. The van der Waals surface area contributed by atoms with Crippen molar-refractivity contribution in [3.8, 4) is 0 Å². The lowest BCUT2D eigenvalue weighted by atomic mass is 10.2. The van der Waals surface area contributed by atoms with E-state index >= 15 is 0 Å². The lowest BCUT2D eigenvalue weighted by Gasteiger charge is -2.31. The molecule has 1 aromatic heterocycles. The van der Waals surface area contributed by atoms with E-state index in [0.717, 1.165) is 22.9 Å². The predicted octanol–water partition coefficient (Wildman–Crippen LogP) is 3.19. The van der Waals surface area contributed by atoms with Crippen LogP contribution in [0.15, 0.2) is 29.2 Å². The van der Waals surface area contributed by atoms with Crippen molar-refractivity contribution in [3.63, 3.8) is 0 Å². The number of hydrogen-bond donors (Lipinski definition) is 1. The highest BCUT2D eigenvalue weighted by Crippen LogP contribution is 2.32. The van der Waals surface area contributed by atoms with E-state index in [2.05, 4.69) is 9.88 Å². The first-order valence-corrected chi connectivity index (χ1v) is 9.05. The molecule has 0 saturated heterocycles. The Balaban J connectivity index is 1.98. The molecule has 1 atom stereocenters. The van der Waals surface area contributed by atoms with Crippen molar-refractivity contribution in [1.82, 2.24) is 4.98 Å². The average molecular weight is 307 g/mol. The summed E-state index contributed by atoms with van der Waals surface area (Å²) in [5.41, 5.74) is 2.01. The molecule has 0 aliphatic carbocycles. The van der Waals surface area contributed by atoms with E-state index in [1.54, 1.807) is 11.3 Å². The Hall–Kier alpha value is -1.40. The first-order chi connectivity index (χ1) is 9.47. The standard InChI is InChI=1S/C14H17N3OS2/c1-10-13(19-11(2)16-10)9-17-7-8-20(15,18)14-6-4-3-5-12(14)17/h3-6,15H,7-9H2,1-2H3. The summed E-state index contributed by atoms with van der Waals surface area (Å²) < 4.78 is 20.3. The lowest BCUT2D eigenvalue weighted by molar-refractivity contribution is 0.666. The molecule has 0 amide bonds. The fourth-order valence-electron chi connectivity index (χ4n) is 2.52. The first kappa shape index (κ1) is 13.6. The Labute approximate surface area is 123 Å². The molecule has 106 valence electrons. The fraction of sp³-hybridized carbons (Fsp3) is 0.357. The maximum absolute atomic E-state index is 12.3. The van der Waals surface area contributed by atoms with E-state index in [0.29, 0.717) is 17.2 Å². The number of thiazole rings is 1. The van der Waals surface area contributed by atoms with Gasteiger partial charge in [0, 0.05) is 11.4 Å². The molecule has 4 nitrogen and oxygen atoms in total. The number of aromatic nitrogens is 1. The molecule has 1 N–H and O–H groups in total. The van der Waals surface area contributed by atoms with Crippen LogP contribution in [0.2, 0.25) is 0 Å². The average Bonchev–Trinajstić information content (AvgIpc) is 2.72. The summed E-state index contributed by atoms with van der Waals surface area (Å²) in [6, 6.07) is 7.59. The topological polar surface area (TPSA) is 57.1 Å². The van der Waals surface area contributed by atoms with Crippen LogP contribution in [0, 0.1) is 18.6 Å². The van der Waals surface area contributed by atoms with Crippen LogP contribution in [-0.2, 0) is 16.3 Å². The third kappa shape index (κ3) is 2.33. The van der Waals surface area contributed by atoms with Crippen LogP contribution in [-0.4, -0.2) is 21.5 Å². The summed E-state index contributed by atoms with van der Waals surface area (Å²) in [6.45, 7) is 5.49. The number of anilines is 1. The Bertz CT molecular complexity index is 750. The van der Waals surface area contributed by atoms with Gasteiger partial charge in [-0.1, -0.05) is 12.1 Å². The number of benzene rings is 1. The molecule has 0 spiro atoms. The van der Waals surface area contributed by atoms with Gasteiger partial charge < -0.3 is 4.90 Å². The minimum Gasteiger partial charge on any atom is -0.364 e. The summed E-state index contributed by atoms with van der Waals surface area (Å²) in [4.78, 5) is 8.59. The van der Waals surface area contributed by atoms with Crippen molar-refractivity contribution in [2.75, 3.05) is 17.2 Å². The molecule has 1 unspecified atom stereocenters. The van der Waals surface area contributed by atoms with Crippen LogP contribution >= 0.6 is 11.3 Å². The van der Waals surface area contributed by atoms with Gasteiger partial charge in [0.05, 0.1) is 43.3 Å². The number of nitrogens with zero attached hydrogens (tertiary/aromatic N) is 2. The highest BCUT2D eigenvalue weighted by atomic mass is 32.2. The van der Waals surface area contributed by atoms with E-state index in [1.165, 1.54) is 4.88 Å². The van der Waals surface area contributed by atoms with Crippen molar-refractivity contribution in [3.05, 3.63) is 39.8 Å². The van der Waals surface area contributed by atoms with Gasteiger partial charge in [0.1, 0.15) is 0 Å². The summed E-state index contributed by atoms with van der Waals surface area (Å²) in [5, 5.41) is 1.08. The second kappa shape index (κ2) is 4.86. The summed E-state index contributed by atoms with van der Waals surface area (Å²) >= 11 is 1.71. The number of aryl methyl sites for hydroxylation is 2. The number of hydrogen-bond acceptors (Lipinski definition) is 5. The van der Waals surface area contributed by atoms with Crippen molar-refractivity contribution in [1.29, 1.82) is 4.78 Å². The Morgan fingerprint density at radius 1 is 1.40 bits per heavy atom. The zero-order valence-electron chi connectivity index (χ0n) is 11.5. The van der Waals surface area contributed by atoms with E-state index < -0.39 is 9.73 Å². The molecule has 0 fully saturated rings. The largest absolute Gasteiger partial charge is 0.364 e. The Kier molecular flexibility index (Phi) is 3.30. The van der Waals surface area contributed by atoms with Gasteiger partial charge in [0.15, 0.2) is 0 Å². The Morgan fingerprint density at radius 2 is 2.15 bits per heavy atom. The monoisotopic (exact) mass is 307 g/mol. The maximum Gasteiger partial charge on any atom is 0.0900 e. The molecule has 0 bridgehead atoms. The van der Waals surface area contributed by atoms with Gasteiger partial charge in [-0.15, -0.1) is 11.3 Å². The summed E-state index contributed by atoms with van der Waals surface area (Å²) in [7, 11) is -2.63. The van der Waals surface area contributed by atoms with Gasteiger partial charge in [0.2, 0.25) is 0 Å². The van der Waals surface area contributed by atoms with Gasteiger partial charge in [-0.2, -0.15) is 0 Å². The van der Waals surface area contributed by atoms with E-state index in [-0.39, 0.29) is 0 Å². The summed E-state index contributed by atoms with van der Waals surface area (Å²) in [6.07, 6.45) is 0. The molecule has 1 aliphatic heterocycles. The van der Waals surface area contributed by atoms with E-state index in [1.807, 2.05) is 38.1 Å². The highest BCUT2D eigenvalue weighted by Gasteiger charge is 2.25. The van der Waals surface area contributed by atoms with Crippen LogP contribution < -0.4 is 4.90 Å². The molecule has 1 aliphatic rings.